The summed E-state index contributed by atoms with van der Waals surface area (Å²) in [6.07, 6.45) is 0. The third-order valence-electron chi connectivity index (χ3n) is 2.62. The van der Waals surface area contributed by atoms with Crippen LogP contribution in [0.1, 0.15) is 11.3 Å². The van der Waals surface area contributed by atoms with E-state index in [0.29, 0.717) is 28.9 Å². The highest BCUT2D eigenvalue weighted by molar-refractivity contribution is 5.94. The number of aryl methyl sites for hydroxylation is 1. The van der Waals surface area contributed by atoms with Crippen molar-refractivity contribution in [1.82, 2.24) is 4.98 Å². The Morgan fingerprint density at radius 2 is 2.24 bits per heavy atom. The van der Waals surface area contributed by atoms with E-state index in [1.165, 1.54) is 6.07 Å². The Labute approximate surface area is 98.6 Å². The first-order valence-corrected chi connectivity index (χ1v) is 5.21. The van der Waals surface area contributed by atoms with Crippen LogP contribution >= 0.6 is 0 Å². The molecule has 1 heterocycles. The normalized spacial score (nSPS) is 10.8. The number of halogens is 1. The molecule has 5 heteroatoms. The molecule has 0 radical (unpaired) electrons. The number of nitrogens with zero attached hydrogens (tertiary/aromatic N) is 1. The molecule has 0 unspecified atom stereocenters. The number of ether oxygens (including phenoxy) is 1. The predicted octanol–water partition coefficient (Wildman–Crippen LogP) is 2.11. The number of pyridine rings is 1. The number of fused-ring (bicyclic) bond motifs is 1. The molecule has 0 aliphatic rings. The standard InChI is InChI=1S/C12H14FN3O/c1-7-3-4-9(13)12-11(7)10(16-14)5-8(15-12)6-17-2/h3-5H,6,14H2,1-2H3,(H,15,16). The molecule has 0 saturated heterocycles. The minimum atomic E-state index is -0.361. The fourth-order valence-electron chi connectivity index (χ4n) is 1.87. The van der Waals surface area contributed by atoms with Gasteiger partial charge in [0.15, 0.2) is 0 Å². The molecular formula is C12H14FN3O. The van der Waals surface area contributed by atoms with Crippen LogP contribution in [0.25, 0.3) is 10.9 Å². The SMILES string of the molecule is COCc1cc(NN)c2c(C)ccc(F)c2n1. The number of nitrogens with one attached hydrogen (secondary N) is 1. The van der Waals surface area contributed by atoms with Crippen LogP contribution < -0.4 is 11.3 Å². The highest BCUT2D eigenvalue weighted by Crippen LogP contribution is 2.28. The van der Waals surface area contributed by atoms with Gasteiger partial charge in [-0.3, -0.25) is 5.84 Å². The Hall–Kier alpha value is -1.72. The van der Waals surface area contributed by atoms with Gasteiger partial charge in [-0.2, -0.15) is 0 Å². The second kappa shape index (κ2) is 4.65. The van der Waals surface area contributed by atoms with E-state index < -0.39 is 0 Å². The maximum atomic E-state index is 13.7. The van der Waals surface area contributed by atoms with E-state index in [1.54, 1.807) is 19.2 Å². The van der Waals surface area contributed by atoms with E-state index in [-0.39, 0.29) is 5.82 Å². The molecule has 17 heavy (non-hydrogen) atoms. The molecule has 90 valence electrons. The number of hydrogen-bond acceptors (Lipinski definition) is 4. The zero-order valence-corrected chi connectivity index (χ0v) is 9.75. The number of hydrazine groups is 1. The fraction of sp³-hybridized carbons (Fsp3) is 0.250. The lowest BCUT2D eigenvalue weighted by atomic mass is 10.1. The Morgan fingerprint density at radius 1 is 1.47 bits per heavy atom. The number of methoxy groups -OCH3 is 1. The van der Waals surface area contributed by atoms with Crippen LogP contribution in [0.5, 0.6) is 0 Å². The maximum Gasteiger partial charge on any atom is 0.149 e. The molecule has 0 saturated carbocycles. The van der Waals surface area contributed by atoms with Crippen molar-refractivity contribution < 1.29 is 9.13 Å². The minimum Gasteiger partial charge on any atom is -0.378 e. The first kappa shape index (κ1) is 11.8. The van der Waals surface area contributed by atoms with Crippen molar-refractivity contribution in [2.75, 3.05) is 12.5 Å². The van der Waals surface area contributed by atoms with Gasteiger partial charge in [0.25, 0.3) is 0 Å². The lowest BCUT2D eigenvalue weighted by Crippen LogP contribution is -2.09. The van der Waals surface area contributed by atoms with E-state index in [9.17, 15) is 4.39 Å². The Balaban J connectivity index is 2.77. The molecule has 0 fully saturated rings. The molecule has 2 rings (SSSR count). The van der Waals surface area contributed by atoms with Crippen molar-refractivity contribution in [2.45, 2.75) is 13.5 Å². The summed E-state index contributed by atoms with van der Waals surface area (Å²) in [7, 11) is 1.56. The predicted molar refractivity (Wildman–Crippen MR) is 65.0 cm³/mol. The van der Waals surface area contributed by atoms with E-state index in [2.05, 4.69) is 10.4 Å². The van der Waals surface area contributed by atoms with Crippen LogP contribution in [0.3, 0.4) is 0 Å². The van der Waals surface area contributed by atoms with Crippen molar-refractivity contribution in [2.24, 2.45) is 5.84 Å². The van der Waals surface area contributed by atoms with Gasteiger partial charge in [-0.15, -0.1) is 0 Å². The molecule has 4 nitrogen and oxygen atoms in total. The molecule has 0 aliphatic heterocycles. The summed E-state index contributed by atoms with van der Waals surface area (Å²) >= 11 is 0. The number of aromatic nitrogens is 1. The smallest absolute Gasteiger partial charge is 0.149 e. The Morgan fingerprint density at radius 3 is 2.88 bits per heavy atom. The average molecular weight is 235 g/mol. The van der Waals surface area contributed by atoms with Crippen molar-refractivity contribution >= 4 is 16.6 Å². The van der Waals surface area contributed by atoms with Gasteiger partial charge in [0, 0.05) is 12.5 Å². The average Bonchev–Trinajstić information content (AvgIpc) is 2.33. The van der Waals surface area contributed by atoms with Gasteiger partial charge in [0.2, 0.25) is 0 Å². The first-order valence-electron chi connectivity index (χ1n) is 5.21. The zero-order valence-electron chi connectivity index (χ0n) is 9.75. The second-order valence-electron chi connectivity index (χ2n) is 3.83. The van der Waals surface area contributed by atoms with Gasteiger partial charge in [0.1, 0.15) is 11.3 Å². The van der Waals surface area contributed by atoms with Gasteiger partial charge >= 0.3 is 0 Å². The number of anilines is 1. The van der Waals surface area contributed by atoms with Crippen LogP contribution in [-0.2, 0) is 11.3 Å². The summed E-state index contributed by atoms with van der Waals surface area (Å²) < 4.78 is 18.7. The number of rotatable bonds is 3. The lowest BCUT2D eigenvalue weighted by molar-refractivity contribution is 0.182. The van der Waals surface area contributed by atoms with Crippen molar-refractivity contribution in [1.29, 1.82) is 0 Å². The highest BCUT2D eigenvalue weighted by atomic mass is 19.1. The van der Waals surface area contributed by atoms with Crippen molar-refractivity contribution in [3.8, 4) is 0 Å². The fourth-order valence-corrected chi connectivity index (χ4v) is 1.87. The molecule has 0 bridgehead atoms. The molecule has 0 aliphatic carbocycles. The molecule has 2 aromatic rings. The third-order valence-corrected chi connectivity index (χ3v) is 2.62. The molecule has 0 spiro atoms. The quantitative estimate of drug-likeness (QED) is 0.632. The Kier molecular flexibility index (Phi) is 3.21. The van der Waals surface area contributed by atoms with Crippen LogP contribution in [0.15, 0.2) is 18.2 Å². The number of benzene rings is 1. The summed E-state index contributed by atoms with van der Waals surface area (Å²) in [5.41, 5.74) is 5.10. The molecule has 1 aromatic heterocycles. The van der Waals surface area contributed by atoms with Gasteiger partial charge in [-0.1, -0.05) is 6.07 Å². The maximum absolute atomic E-state index is 13.7. The van der Waals surface area contributed by atoms with Crippen molar-refractivity contribution in [3.05, 3.63) is 35.3 Å². The summed E-state index contributed by atoms with van der Waals surface area (Å²) in [4.78, 5) is 4.24. The first-order chi connectivity index (χ1) is 8.17. The third kappa shape index (κ3) is 2.07. The van der Waals surface area contributed by atoms with E-state index in [4.69, 9.17) is 10.6 Å². The van der Waals surface area contributed by atoms with Crippen LogP contribution in [0.4, 0.5) is 10.1 Å². The van der Waals surface area contributed by atoms with Gasteiger partial charge < -0.3 is 10.2 Å². The topological polar surface area (TPSA) is 60.2 Å². The van der Waals surface area contributed by atoms with Crippen LogP contribution in [0, 0.1) is 12.7 Å². The van der Waals surface area contributed by atoms with Crippen molar-refractivity contribution in [3.63, 3.8) is 0 Å². The summed E-state index contributed by atoms with van der Waals surface area (Å²) in [6, 6.07) is 4.87. The zero-order chi connectivity index (χ0) is 12.4. The number of nitrogens with two attached hydrogens (primary N) is 1. The van der Waals surface area contributed by atoms with Crippen LogP contribution in [0.2, 0.25) is 0 Å². The highest BCUT2D eigenvalue weighted by Gasteiger charge is 2.11. The molecule has 0 amide bonds. The Bertz CT molecular complexity index is 557. The second-order valence-corrected chi connectivity index (χ2v) is 3.83. The molecule has 3 N–H and O–H groups in total. The number of nitrogen functional groups attached to an aromatic ring is 1. The van der Waals surface area contributed by atoms with Gasteiger partial charge in [0.05, 0.1) is 18.0 Å². The van der Waals surface area contributed by atoms with Gasteiger partial charge in [-0.05, 0) is 24.6 Å². The molecule has 0 atom stereocenters. The summed E-state index contributed by atoms with van der Waals surface area (Å²) in [5.74, 6) is 5.10. The monoisotopic (exact) mass is 235 g/mol. The largest absolute Gasteiger partial charge is 0.378 e. The molecular weight excluding hydrogens is 221 g/mol. The van der Waals surface area contributed by atoms with E-state index >= 15 is 0 Å². The van der Waals surface area contributed by atoms with E-state index in [1.807, 2.05) is 6.92 Å². The van der Waals surface area contributed by atoms with Gasteiger partial charge in [-0.25, -0.2) is 9.37 Å². The van der Waals surface area contributed by atoms with Crippen LogP contribution in [-0.4, -0.2) is 12.1 Å². The lowest BCUT2D eigenvalue weighted by Gasteiger charge is -2.11. The van der Waals surface area contributed by atoms with E-state index in [0.717, 1.165) is 5.56 Å². The number of hydrogen-bond donors (Lipinski definition) is 2. The summed E-state index contributed by atoms with van der Waals surface area (Å²) in [6.45, 7) is 2.21. The molecule has 1 aromatic carbocycles. The minimum absolute atomic E-state index is 0.313. The summed E-state index contributed by atoms with van der Waals surface area (Å²) in [5, 5.41) is 0.701.